The monoisotopic (exact) mass is 212 g/mol. The molecule has 3 nitrogen and oxygen atoms in total. The van der Waals surface area contributed by atoms with Gasteiger partial charge in [0, 0.05) is 12.0 Å². The molecule has 0 aliphatic heterocycles. The summed E-state index contributed by atoms with van der Waals surface area (Å²) in [6, 6.07) is 0. The van der Waals surface area contributed by atoms with Crippen LogP contribution in [0.1, 0.15) is 46.0 Å². The first-order chi connectivity index (χ1) is 7.19. The molecule has 15 heavy (non-hydrogen) atoms. The lowest BCUT2D eigenvalue weighted by Crippen LogP contribution is -2.38. The maximum Gasteiger partial charge on any atom is 0.225 e. The highest BCUT2D eigenvalue weighted by atomic mass is 16.2. The van der Waals surface area contributed by atoms with Gasteiger partial charge in [-0.05, 0) is 32.4 Å². The standard InChI is InChI=1S/C12H24N2O/c1-3-13-9-6-10-14-11(15)12(2)7-4-5-8-12/h13H,3-10H2,1-2H3,(H,14,15). The lowest BCUT2D eigenvalue weighted by atomic mass is 9.88. The number of hydrogen-bond acceptors (Lipinski definition) is 2. The lowest BCUT2D eigenvalue weighted by molar-refractivity contribution is -0.129. The number of carbonyl (C=O) groups excluding carboxylic acids is 1. The van der Waals surface area contributed by atoms with Crippen LogP contribution in [0.5, 0.6) is 0 Å². The van der Waals surface area contributed by atoms with Crippen LogP contribution >= 0.6 is 0 Å². The summed E-state index contributed by atoms with van der Waals surface area (Å²) < 4.78 is 0. The third-order valence-corrected chi connectivity index (χ3v) is 3.32. The molecule has 0 aromatic carbocycles. The van der Waals surface area contributed by atoms with Crippen molar-refractivity contribution in [2.45, 2.75) is 46.0 Å². The molecule has 2 N–H and O–H groups in total. The van der Waals surface area contributed by atoms with Crippen molar-refractivity contribution in [3.05, 3.63) is 0 Å². The summed E-state index contributed by atoms with van der Waals surface area (Å²) in [5, 5.41) is 6.29. The molecular formula is C12H24N2O. The summed E-state index contributed by atoms with van der Waals surface area (Å²) in [6.45, 7) is 7.00. The Morgan fingerprint density at radius 3 is 2.53 bits per heavy atom. The Bertz CT molecular complexity index is 198. The number of nitrogens with one attached hydrogen (secondary N) is 2. The van der Waals surface area contributed by atoms with Crippen LogP contribution in [0, 0.1) is 5.41 Å². The Balaban J connectivity index is 2.12. The van der Waals surface area contributed by atoms with E-state index in [9.17, 15) is 4.79 Å². The molecule has 0 spiro atoms. The average Bonchev–Trinajstić information content (AvgIpc) is 2.66. The molecule has 1 rings (SSSR count). The Morgan fingerprint density at radius 1 is 1.27 bits per heavy atom. The summed E-state index contributed by atoms with van der Waals surface area (Å²) in [5.74, 6) is 0.261. The molecule has 0 aromatic heterocycles. The minimum absolute atomic E-state index is 0.0712. The van der Waals surface area contributed by atoms with Crippen molar-refractivity contribution in [2.75, 3.05) is 19.6 Å². The van der Waals surface area contributed by atoms with Gasteiger partial charge >= 0.3 is 0 Å². The maximum absolute atomic E-state index is 11.9. The summed E-state index contributed by atoms with van der Waals surface area (Å²) in [6.07, 6.45) is 5.57. The van der Waals surface area contributed by atoms with E-state index in [2.05, 4.69) is 24.5 Å². The second kappa shape index (κ2) is 6.11. The maximum atomic E-state index is 11.9. The van der Waals surface area contributed by atoms with Gasteiger partial charge in [0.1, 0.15) is 0 Å². The van der Waals surface area contributed by atoms with Gasteiger partial charge in [-0.3, -0.25) is 4.79 Å². The van der Waals surface area contributed by atoms with Gasteiger partial charge in [-0.25, -0.2) is 0 Å². The van der Waals surface area contributed by atoms with Crippen LogP contribution in [0.2, 0.25) is 0 Å². The lowest BCUT2D eigenvalue weighted by Gasteiger charge is -2.22. The fourth-order valence-corrected chi connectivity index (χ4v) is 2.19. The minimum atomic E-state index is -0.0712. The van der Waals surface area contributed by atoms with Crippen LogP contribution in [-0.4, -0.2) is 25.5 Å². The highest BCUT2D eigenvalue weighted by Gasteiger charge is 2.35. The number of carbonyl (C=O) groups is 1. The van der Waals surface area contributed by atoms with Crippen LogP contribution in [0.15, 0.2) is 0 Å². The van der Waals surface area contributed by atoms with Crippen LogP contribution in [0.25, 0.3) is 0 Å². The predicted molar refractivity (Wildman–Crippen MR) is 62.7 cm³/mol. The molecule has 1 saturated carbocycles. The van der Waals surface area contributed by atoms with Gasteiger partial charge in [-0.1, -0.05) is 26.7 Å². The third kappa shape index (κ3) is 3.82. The molecule has 1 aliphatic rings. The highest BCUT2D eigenvalue weighted by Crippen LogP contribution is 2.37. The molecular weight excluding hydrogens is 188 g/mol. The molecule has 88 valence electrons. The second-order valence-corrected chi connectivity index (χ2v) is 4.73. The highest BCUT2D eigenvalue weighted by molar-refractivity contribution is 5.82. The van der Waals surface area contributed by atoms with E-state index >= 15 is 0 Å². The van der Waals surface area contributed by atoms with Crippen molar-refractivity contribution < 1.29 is 4.79 Å². The zero-order valence-electron chi connectivity index (χ0n) is 10.1. The zero-order valence-corrected chi connectivity index (χ0v) is 10.1. The third-order valence-electron chi connectivity index (χ3n) is 3.32. The van der Waals surface area contributed by atoms with Crippen LogP contribution in [0.4, 0.5) is 0 Å². The van der Waals surface area contributed by atoms with E-state index in [4.69, 9.17) is 0 Å². The Labute approximate surface area is 93.0 Å². The molecule has 0 unspecified atom stereocenters. The van der Waals surface area contributed by atoms with E-state index in [1.807, 2.05) is 0 Å². The predicted octanol–water partition coefficient (Wildman–Crippen LogP) is 1.68. The first-order valence-electron chi connectivity index (χ1n) is 6.18. The largest absolute Gasteiger partial charge is 0.356 e. The van der Waals surface area contributed by atoms with E-state index in [1.54, 1.807) is 0 Å². The molecule has 0 atom stereocenters. The second-order valence-electron chi connectivity index (χ2n) is 4.73. The van der Waals surface area contributed by atoms with E-state index in [0.29, 0.717) is 0 Å². The van der Waals surface area contributed by atoms with Crippen molar-refractivity contribution >= 4 is 5.91 Å². The molecule has 0 bridgehead atoms. The summed E-state index contributed by atoms with van der Waals surface area (Å²) >= 11 is 0. The Kier molecular flexibility index (Phi) is 5.09. The molecule has 0 heterocycles. The first kappa shape index (κ1) is 12.5. The Hall–Kier alpha value is -0.570. The molecule has 3 heteroatoms. The van der Waals surface area contributed by atoms with Crippen molar-refractivity contribution in [1.82, 2.24) is 10.6 Å². The SMILES string of the molecule is CCNCCCNC(=O)C1(C)CCCC1. The van der Waals surface area contributed by atoms with Gasteiger partial charge in [0.25, 0.3) is 0 Å². The van der Waals surface area contributed by atoms with Gasteiger partial charge in [0.2, 0.25) is 5.91 Å². The van der Waals surface area contributed by atoms with Crippen molar-refractivity contribution in [2.24, 2.45) is 5.41 Å². The van der Waals surface area contributed by atoms with Crippen molar-refractivity contribution in [3.8, 4) is 0 Å². The Morgan fingerprint density at radius 2 is 1.93 bits per heavy atom. The summed E-state index contributed by atoms with van der Waals surface area (Å²) in [7, 11) is 0. The molecule has 1 fully saturated rings. The van der Waals surface area contributed by atoms with Crippen molar-refractivity contribution in [3.63, 3.8) is 0 Å². The molecule has 1 aliphatic carbocycles. The summed E-state index contributed by atoms with van der Waals surface area (Å²) in [4.78, 5) is 11.9. The van der Waals surface area contributed by atoms with Gasteiger partial charge in [0.15, 0.2) is 0 Å². The fraction of sp³-hybridized carbons (Fsp3) is 0.917. The quantitative estimate of drug-likeness (QED) is 0.658. The van der Waals surface area contributed by atoms with Gasteiger partial charge in [-0.2, -0.15) is 0 Å². The van der Waals surface area contributed by atoms with E-state index in [-0.39, 0.29) is 11.3 Å². The molecule has 0 aromatic rings. The average molecular weight is 212 g/mol. The smallest absolute Gasteiger partial charge is 0.225 e. The van der Waals surface area contributed by atoms with E-state index < -0.39 is 0 Å². The first-order valence-corrected chi connectivity index (χ1v) is 6.18. The van der Waals surface area contributed by atoms with Crippen molar-refractivity contribution in [1.29, 1.82) is 0 Å². The van der Waals surface area contributed by atoms with Gasteiger partial charge in [0.05, 0.1) is 0 Å². The number of amides is 1. The van der Waals surface area contributed by atoms with E-state index in [0.717, 1.165) is 38.9 Å². The molecule has 1 amide bonds. The summed E-state index contributed by atoms with van der Waals surface area (Å²) in [5.41, 5.74) is -0.0712. The fourth-order valence-electron chi connectivity index (χ4n) is 2.19. The van der Waals surface area contributed by atoms with Crippen LogP contribution in [0.3, 0.4) is 0 Å². The number of rotatable bonds is 6. The topological polar surface area (TPSA) is 41.1 Å². The van der Waals surface area contributed by atoms with Gasteiger partial charge in [-0.15, -0.1) is 0 Å². The normalized spacial score (nSPS) is 19.1. The minimum Gasteiger partial charge on any atom is -0.356 e. The van der Waals surface area contributed by atoms with Gasteiger partial charge < -0.3 is 10.6 Å². The van der Waals surface area contributed by atoms with E-state index in [1.165, 1.54) is 12.8 Å². The zero-order chi connectivity index (χ0) is 11.1. The number of hydrogen-bond donors (Lipinski definition) is 2. The molecule has 0 radical (unpaired) electrons. The molecule has 0 saturated heterocycles. The van der Waals surface area contributed by atoms with Crippen LogP contribution < -0.4 is 10.6 Å². The van der Waals surface area contributed by atoms with Crippen LogP contribution in [-0.2, 0) is 4.79 Å².